The Kier molecular flexibility index (Phi) is 5.88. The van der Waals surface area contributed by atoms with Crippen molar-refractivity contribution in [2.24, 2.45) is 0 Å². The fraction of sp³-hybridized carbons (Fsp3) is 0.440. The van der Waals surface area contributed by atoms with E-state index in [1.54, 1.807) is 4.90 Å². The van der Waals surface area contributed by atoms with E-state index >= 15 is 0 Å². The molecule has 3 aliphatic rings. The van der Waals surface area contributed by atoms with Crippen molar-refractivity contribution in [2.45, 2.75) is 32.0 Å². The molecule has 9 nitrogen and oxygen atoms in total. The second kappa shape index (κ2) is 9.24. The molecule has 3 aromatic rings. The van der Waals surface area contributed by atoms with Crippen LogP contribution in [0.15, 0.2) is 36.5 Å². The highest BCUT2D eigenvalue weighted by Crippen LogP contribution is 2.37. The van der Waals surface area contributed by atoms with Crippen molar-refractivity contribution in [3.63, 3.8) is 0 Å². The molecule has 1 unspecified atom stereocenters. The number of hydrogen-bond donors (Lipinski definition) is 0. The van der Waals surface area contributed by atoms with Crippen LogP contribution in [-0.2, 0) is 6.18 Å². The molecule has 2 fully saturated rings. The zero-order valence-corrected chi connectivity index (χ0v) is 20.3. The number of rotatable bonds is 4. The Morgan fingerprint density at radius 2 is 1.65 bits per heavy atom. The van der Waals surface area contributed by atoms with Crippen LogP contribution >= 0.6 is 0 Å². The van der Waals surface area contributed by atoms with E-state index in [1.165, 1.54) is 12.3 Å². The molecule has 3 aliphatic heterocycles. The molecule has 6 rings (SSSR count). The molecule has 0 bridgehead atoms. The first kappa shape index (κ1) is 23.6. The number of nitrogens with zero attached hydrogens (tertiary/aromatic N) is 7. The molecule has 0 amide bonds. The summed E-state index contributed by atoms with van der Waals surface area (Å²) in [5.41, 5.74) is 0.0574. The predicted molar refractivity (Wildman–Crippen MR) is 131 cm³/mol. The third-order valence-corrected chi connectivity index (χ3v) is 7.01. The molecular weight excluding hydrogens is 487 g/mol. The summed E-state index contributed by atoms with van der Waals surface area (Å²) in [7, 11) is 0. The SMILES string of the molecule is CC1CCCN1c1nc(-c2ccc3c(c2)OCO3)nc(N2CCN(c3ncccc3C(F)(F)F)CC2)n1. The third kappa shape index (κ3) is 4.56. The molecule has 0 N–H and O–H groups in total. The van der Waals surface area contributed by atoms with Crippen molar-refractivity contribution in [1.82, 2.24) is 19.9 Å². The van der Waals surface area contributed by atoms with Gasteiger partial charge in [0.05, 0.1) is 5.56 Å². The molecule has 0 radical (unpaired) electrons. The van der Waals surface area contributed by atoms with E-state index in [4.69, 9.17) is 24.4 Å². The van der Waals surface area contributed by atoms with E-state index in [0.717, 1.165) is 31.0 Å². The summed E-state index contributed by atoms with van der Waals surface area (Å²) in [4.78, 5) is 24.3. The highest BCUT2D eigenvalue weighted by atomic mass is 19.4. The Bertz CT molecular complexity index is 1300. The summed E-state index contributed by atoms with van der Waals surface area (Å²) in [6.07, 6.45) is -0.948. The van der Waals surface area contributed by atoms with Crippen molar-refractivity contribution in [3.8, 4) is 22.9 Å². The monoisotopic (exact) mass is 513 g/mol. The minimum Gasteiger partial charge on any atom is -0.454 e. The number of pyridine rings is 1. The number of anilines is 3. The maximum absolute atomic E-state index is 13.5. The average molecular weight is 514 g/mol. The van der Waals surface area contributed by atoms with Crippen LogP contribution < -0.4 is 24.2 Å². The van der Waals surface area contributed by atoms with E-state index < -0.39 is 11.7 Å². The number of fused-ring (bicyclic) bond motifs is 1. The summed E-state index contributed by atoms with van der Waals surface area (Å²) in [5.74, 6) is 2.90. The Balaban J connectivity index is 1.29. The van der Waals surface area contributed by atoms with Gasteiger partial charge in [0.2, 0.25) is 18.7 Å². The van der Waals surface area contributed by atoms with Crippen LogP contribution in [0.2, 0.25) is 0 Å². The standard InChI is InChI=1S/C25H26F3N7O2/c1-16-4-3-9-35(16)24-31-21(17-6-7-19-20(14-17)37-15-36-19)30-23(32-24)34-12-10-33(11-13-34)22-18(25(26,27)28)5-2-8-29-22/h2,5-8,14,16H,3-4,9-13,15H2,1H3. The van der Waals surface area contributed by atoms with Gasteiger partial charge in [0.15, 0.2) is 17.3 Å². The van der Waals surface area contributed by atoms with Crippen LogP contribution in [-0.4, -0.2) is 65.5 Å². The molecule has 1 aromatic carbocycles. The first-order valence-electron chi connectivity index (χ1n) is 12.3. The lowest BCUT2D eigenvalue weighted by molar-refractivity contribution is -0.137. The molecule has 0 saturated carbocycles. The Labute approximate surface area is 211 Å². The van der Waals surface area contributed by atoms with Crippen molar-refractivity contribution in [1.29, 1.82) is 0 Å². The highest BCUT2D eigenvalue weighted by Gasteiger charge is 2.36. The summed E-state index contributed by atoms with van der Waals surface area (Å²) in [5, 5.41) is 0. The molecule has 37 heavy (non-hydrogen) atoms. The Hall–Kier alpha value is -3.83. The minimum absolute atomic E-state index is 0.0436. The Morgan fingerprint density at radius 3 is 2.41 bits per heavy atom. The first-order chi connectivity index (χ1) is 17.9. The molecule has 5 heterocycles. The van der Waals surface area contributed by atoms with Gasteiger partial charge in [-0.05, 0) is 50.1 Å². The topological polar surface area (TPSA) is 79.7 Å². The minimum atomic E-state index is -4.46. The quantitative estimate of drug-likeness (QED) is 0.514. The maximum Gasteiger partial charge on any atom is 0.419 e. The predicted octanol–water partition coefficient (Wildman–Crippen LogP) is 4.00. The molecule has 0 aliphatic carbocycles. The van der Waals surface area contributed by atoms with Gasteiger partial charge in [-0.25, -0.2) is 4.98 Å². The normalized spacial score (nSPS) is 19.6. The second-order valence-corrected chi connectivity index (χ2v) is 9.36. The highest BCUT2D eigenvalue weighted by molar-refractivity contribution is 5.64. The molecular formula is C25H26F3N7O2. The lowest BCUT2D eigenvalue weighted by Gasteiger charge is -2.36. The summed E-state index contributed by atoms with van der Waals surface area (Å²) in [6.45, 7) is 4.82. The molecule has 2 aromatic heterocycles. The van der Waals surface area contributed by atoms with Gasteiger partial charge in [-0.3, -0.25) is 0 Å². The fourth-order valence-corrected chi connectivity index (χ4v) is 5.01. The molecule has 1 atom stereocenters. The molecule has 12 heteroatoms. The smallest absolute Gasteiger partial charge is 0.419 e. The van der Waals surface area contributed by atoms with Gasteiger partial charge < -0.3 is 24.2 Å². The maximum atomic E-state index is 13.5. The van der Waals surface area contributed by atoms with E-state index in [9.17, 15) is 13.2 Å². The number of halogens is 3. The number of alkyl halides is 3. The number of hydrogen-bond acceptors (Lipinski definition) is 9. The zero-order valence-electron chi connectivity index (χ0n) is 20.3. The first-order valence-corrected chi connectivity index (χ1v) is 12.3. The second-order valence-electron chi connectivity index (χ2n) is 9.36. The van der Waals surface area contributed by atoms with Crippen LogP contribution in [0.1, 0.15) is 25.3 Å². The van der Waals surface area contributed by atoms with Gasteiger partial charge in [0.1, 0.15) is 5.82 Å². The van der Waals surface area contributed by atoms with Crippen LogP contribution in [0.5, 0.6) is 11.5 Å². The number of benzene rings is 1. The number of ether oxygens (including phenoxy) is 2. The molecule has 194 valence electrons. The van der Waals surface area contributed by atoms with Gasteiger partial charge in [0.25, 0.3) is 0 Å². The number of piperazine rings is 1. The summed E-state index contributed by atoms with van der Waals surface area (Å²) < 4.78 is 51.6. The zero-order chi connectivity index (χ0) is 25.6. The van der Waals surface area contributed by atoms with Crippen LogP contribution in [0, 0.1) is 0 Å². The molecule has 0 spiro atoms. The van der Waals surface area contributed by atoms with Crippen LogP contribution in [0.25, 0.3) is 11.4 Å². The summed E-state index contributed by atoms with van der Waals surface area (Å²) >= 11 is 0. The van der Waals surface area contributed by atoms with Gasteiger partial charge in [-0.15, -0.1) is 0 Å². The number of aromatic nitrogens is 4. The lowest BCUT2D eigenvalue weighted by Crippen LogP contribution is -2.48. The van der Waals surface area contributed by atoms with Crippen molar-refractivity contribution < 1.29 is 22.6 Å². The van der Waals surface area contributed by atoms with Gasteiger partial charge in [-0.1, -0.05) is 0 Å². The fourth-order valence-electron chi connectivity index (χ4n) is 5.01. The van der Waals surface area contributed by atoms with E-state index in [2.05, 4.69) is 16.8 Å². The van der Waals surface area contributed by atoms with E-state index in [0.29, 0.717) is 61.4 Å². The van der Waals surface area contributed by atoms with Crippen LogP contribution in [0.4, 0.5) is 30.9 Å². The van der Waals surface area contributed by atoms with Gasteiger partial charge >= 0.3 is 6.18 Å². The van der Waals surface area contributed by atoms with Gasteiger partial charge in [0, 0.05) is 50.5 Å². The van der Waals surface area contributed by atoms with Gasteiger partial charge in [-0.2, -0.15) is 28.1 Å². The van der Waals surface area contributed by atoms with E-state index in [1.807, 2.05) is 23.1 Å². The average Bonchev–Trinajstić information content (AvgIpc) is 3.56. The van der Waals surface area contributed by atoms with Crippen molar-refractivity contribution in [2.75, 3.05) is 54.2 Å². The van der Waals surface area contributed by atoms with Crippen molar-refractivity contribution in [3.05, 3.63) is 42.1 Å². The largest absolute Gasteiger partial charge is 0.454 e. The van der Waals surface area contributed by atoms with E-state index in [-0.39, 0.29) is 12.6 Å². The Morgan fingerprint density at radius 1 is 0.892 bits per heavy atom. The third-order valence-electron chi connectivity index (χ3n) is 7.01. The van der Waals surface area contributed by atoms with Crippen LogP contribution in [0.3, 0.4) is 0 Å². The van der Waals surface area contributed by atoms with Crippen molar-refractivity contribution >= 4 is 17.7 Å². The summed E-state index contributed by atoms with van der Waals surface area (Å²) in [6, 6.07) is 8.27. The molecule has 2 saturated heterocycles. The lowest BCUT2D eigenvalue weighted by atomic mass is 10.2.